The number of hydrogen-bond acceptors (Lipinski definition) is 2. The monoisotopic (exact) mass is 311 g/mol. The Morgan fingerprint density at radius 1 is 1.09 bits per heavy atom. The molecule has 1 atom stereocenters. The number of carbonyl (C=O) groups excluding carboxylic acids is 1. The Bertz CT molecular complexity index is 662. The third-order valence-corrected chi connectivity index (χ3v) is 3.93. The standard InChI is InChI=1S/C20H25NO2/c1-5-18(16-9-7-14(3)8-10-16)21-20(22)17-11-12-19(23-6-2)15(4)13-17/h7-13,18H,5-6H2,1-4H3,(H,21,22)/t18-/m0/s1. The molecule has 0 radical (unpaired) electrons. The van der Waals surface area contributed by atoms with E-state index in [0.717, 1.165) is 23.3 Å². The van der Waals surface area contributed by atoms with E-state index < -0.39 is 0 Å². The minimum atomic E-state index is -0.0522. The van der Waals surface area contributed by atoms with Gasteiger partial charge in [0.15, 0.2) is 0 Å². The Balaban J connectivity index is 2.13. The molecular weight excluding hydrogens is 286 g/mol. The van der Waals surface area contributed by atoms with Crippen molar-refractivity contribution in [3.63, 3.8) is 0 Å². The van der Waals surface area contributed by atoms with Crippen LogP contribution in [0.2, 0.25) is 0 Å². The van der Waals surface area contributed by atoms with Crippen LogP contribution in [-0.2, 0) is 0 Å². The van der Waals surface area contributed by atoms with Crippen molar-refractivity contribution in [3.05, 3.63) is 64.7 Å². The SMILES string of the molecule is CCOc1ccc(C(=O)N[C@@H](CC)c2ccc(C)cc2)cc1C. The fourth-order valence-corrected chi connectivity index (χ4v) is 2.57. The molecule has 0 spiro atoms. The van der Waals surface area contributed by atoms with Crippen molar-refractivity contribution in [1.82, 2.24) is 5.32 Å². The van der Waals surface area contributed by atoms with E-state index in [1.54, 1.807) is 0 Å². The zero-order valence-corrected chi connectivity index (χ0v) is 14.3. The van der Waals surface area contributed by atoms with Gasteiger partial charge in [0.1, 0.15) is 5.75 Å². The average Bonchev–Trinajstić information content (AvgIpc) is 2.55. The lowest BCUT2D eigenvalue weighted by Crippen LogP contribution is -2.28. The molecule has 0 unspecified atom stereocenters. The first-order valence-corrected chi connectivity index (χ1v) is 8.16. The minimum Gasteiger partial charge on any atom is -0.494 e. The van der Waals surface area contributed by atoms with E-state index >= 15 is 0 Å². The molecule has 0 saturated carbocycles. The summed E-state index contributed by atoms with van der Waals surface area (Å²) in [5.74, 6) is 0.776. The largest absolute Gasteiger partial charge is 0.494 e. The highest BCUT2D eigenvalue weighted by Crippen LogP contribution is 2.21. The van der Waals surface area contributed by atoms with E-state index in [9.17, 15) is 4.79 Å². The fourth-order valence-electron chi connectivity index (χ4n) is 2.57. The second-order valence-electron chi connectivity index (χ2n) is 5.76. The number of rotatable bonds is 6. The van der Waals surface area contributed by atoms with Crippen LogP contribution in [0.3, 0.4) is 0 Å². The van der Waals surface area contributed by atoms with Crippen molar-refractivity contribution >= 4 is 5.91 Å². The molecule has 2 aromatic rings. The van der Waals surface area contributed by atoms with Crippen molar-refractivity contribution in [2.75, 3.05) is 6.61 Å². The lowest BCUT2D eigenvalue weighted by Gasteiger charge is -2.18. The van der Waals surface area contributed by atoms with Gasteiger partial charge in [0, 0.05) is 5.56 Å². The predicted octanol–water partition coefficient (Wildman–Crippen LogP) is 4.58. The van der Waals surface area contributed by atoms with Crippen molar-refractivity contribution in [2.45, 2.75) is 40.2 Å². The van der Waals surface area contributed by atoms with Crippen LogP contribution < -0.4 is 10.1 Å². The van der Waals surface area contributed by atoms with Gasteiger partial charge in [-0.05, 0) is 56.5 Å². The summed E-state index contributed by atoms with van der Waals surface area (Å²) in [6.45, 7) is 8.67. The predicted molar refractivity (Wildman–Crippen MR) is 94.0 cm³/mol. The second-order valence-corrected chi connectivity index (χ2v) is 5.76. The summed E-state index contributed by atoms with van der Waals surface area (Å²) >= 11 is 0. The van der Waals surface area contributed by atoms with Crippen LogP contribution in [0.5, 0.6) is 5.75 Å². The number of hydrogen-bond donors (Lipinski definition) is 1. The van der Waals surface area contributed by atoms with E-state index in [1.807, 2.05) is 32.0 Å². The third-order valence-electron chi connectivity index (χ3n) is 3.93. The highest BCUT2D eigenvalue weighted by molar-refractivity contribution is 5.94. The molecule has 2 aromatic carbocycles. The Morgan fingerprint density at radius 2 is 1.78 bits per heavy atom. The number of nitrogens with one attached hydrogen (secondary N) is 1. The van der Waals surface area contributed by atoms with Gasteiger partial charge < -0.3 is 10.1 Å². The number of aryl methyl sites for hydroxylation is 2. The second kappa shape index (κ2) is 7.82. The smallest absolute Gasteiger partial charge is 0.251 e. The molecular formula is C20H25NO2. The molecule has 0 aromatic heterocycles. The van der Waals surface area contributed by atoms with E-state index in [-0.39, 0.29) is 11.9 Å². The Hall–Kier alpha value is -2.29. The maximum Gasteiger partial charge on any atom is 0.251 e. The van der Waals surface area contributed by atoms with Crippen LogP contribution in [0.25, 0.3) is 0 Å². The first-order valence-electron chi connectivity index (χ1n) is 8.16. The highest BCUT2D eigenvalue weighted by atomic mass is 16.5. The average molecular weight is 311 g/mol. The van der Waals surface area contributed by atoms with E-state index in [4.69, 9.17) is 4.74 Å². The first-order chi connectivity index (χ1) is 11.0. The summed E-state index contributed by atoms with van der Waals surface area (Å²) in [7, 11) is 0. The molecule has 23 heavy (non-hydrogen) atoms. The fraction of sp³-hybridized carbons (Fsp3) is 0.350. The summed E-state index contributed by atoms with van der Waals surface area (Å²) in [6.07, 6.45) is 0.852. The van der Waals surface area contributed by atoms with Gasteiger partial charge >= 0.3 is 0 Å². The number of amides is 1. The maximum atomic E-state index is 12.5. The Morgan fingerprint density at radius 3 is 2.35 bits per heavy atom. The lowest BCUT2D eigenvalue weighted by atomic mass is 10.0. The van der Waals surface area contributed by atoms with Crippen LogP contribution in [0, 0.1) is 13.8 Å². The molecule has 0 aliphatic rings. The summed E-state index contributed by atoms with van der Waals surface area (Å²) < 4.78 is 5.52. The highest BCUT2D eigenvalue weighted by Gasteiger charge is 2.15. The first kappa shape index (κ1) is 17.1. The molecule has 0 bridgehead atoms. The van der Waals surface area contributed by atoms with Crippen molar-refractivity contribution in [3.8, 4) is 5.75 Å². The van der Waals surface area contributed by atoms with Gasteiger partial charge in [0.25, 0.3) is 5.91 Å². The van der Waals surface area contributed by atoms with Gasteiger partial charge in [0.05, 0.1) is 12.6 Å². The lowest BCUT2D eigenvalue weighted by molar-refractivity contribution is 0.0935. The van der Waals surface area contributed by atoms with Crippen molar-refractivity contribution in [2.24, 2.45) is 0 Å². The summed E-state index contributed by atoms with van der Waals surface area (Å²) in [5.41, 5.74) is 3.99. The Labute approximate surface area is 138 Å². The van der Waals surface area contributed by atoms with Gasteiger partial charge in [-0.3, -0.25) is 4.79 Å². The van der Waals surface area contributed by atoms with E-state index in [1.165, 1.54) is 5.56 Å². The van der Waals surface area contributed by atoms with Crippen LogP contribution in [0.1, 0.15) is 53.4 Å². The van der Waals surface area contributed by atoms with Gasteiger partial charge in [0.2, 0.25) is 0 Å². The molecule has 0 heterocycles. The van der Waals surface area contributed by atoms with Gasteiger partial charge in [-0.1, -0.05) is 36.8 Å². The van der Waals surface area contributed by atoms with Crippen LogP contribution in [-0.4, -0.2) is 12.5 Å². The topological polar surface area (TPSA) is 38.3 Å². The summed E-state index contributed by atoms with van der Waals surface area (Å²) in [4.78, 5) is 12.5. The molecule has 3 heteroatoms. The summed E-state index contributed by atoms with van der Waals surface area (Å²) in [5, 5.41) is 3.12. The molecule has 1 amide bonds. The third kappa shape index (κ3) is 4.35. The molecule has 0 saturated heterocycles. The van der Waals surface area contributed by atoms with Gasteiger partial charge in [-0.2, -0.15) is 0 Å². The van der Waals surface area contributed by atoms with Gasteiger partial charge in [-0.15, -0.1) is 0 Å². The zero-order chi connectivity index (χ0) is 16.8. The minimum absolute atomic E-state index is 0.0231. The normalized spacial score (nSPS) is 11.8. The quantitative estimate of drug-likeness (QED) is 0.847. The number of benzene rings is 2. The van der Waals surface area contributed by atoms with Crippen LogP contribution in [0.4, 0.5) is 0 Å². The molecule has 0 aliphatic carbocycles. The van der Waals surface area contributed by atoms with E-state index in [2.05, 4.69) is 43.4 Å². The zero-order valence-electron chi connectivity index (χ0n) is 14.3. The van der Waals surface area contributed by atoms with Crippen molar-refractivity contribution < 1.29 is 9.53 Å². The molecule has 3 nitrogen and oxygen atoms in total. The molecule has 122 valence electrons. The van der Waals surface area contributed by atoms with Gasteiger partial charge in [-0.25, -0.2) is 0 Å². The molecule has 0 aliphatic heterocycles. The summed E-state index contributed by atoms with van der Waals surface area (Å²) in [6, 6.07) is 13.9. The number of ether oxygens (including phenoxy) is 1. The Kier molecular flexibility index (Phi) is 5.80. The van der Waals surface area contributed by atoms with Crippen molar-refractivity contribution in [1.29, 1.82) is 0 Å². The molecule has 0 fully saturated rings. The van der Waals surface area contributed by atoms with Crippen LogP contribution in [0.15, 0.2) is 42.5 Å². The molecule has 1 N–H and O–H groups in total. The number of carbonyl (C=O) groups is 1. The van der Waals surface area contributed by atoms with E-state index in [0.29, 0.717) is 12.2 Å². The van der Waals surface area contributed by atoms with Crippen LogP contribution >= 0.6 is 0 Å². The maximum absolute atomic E-state index is 12.5. The molecule has 2 rings (SSSR count).